The maximum Gasteiger partial charge on any atom is 0.317 e. The molecule has 0 aliphatic rings. The first-order valence-electron chi connectivity index (χ1n) is 6.94. The highest BCUT2D eigenvalue weighted by atomic mass is 16.5. The number of amides is 1. The highest BCUT2D eigenvalue weighted by Crippen LogP contribution is 2.04. The zero-order valence-electron chi connectivity index (χ0n) is 12.1. The first kappa shape index (κ1) is 14.0. The molecule has 1 aromatic carbocycles. The number of pyridine rings is 1. The summed E-state index contributed by atoms with van der Waals surface area (Å²) in [5, 5.41) is 3.71. The first-order chi connectivity index (χ1) is 10.7. The molecular weight excluding hydrogens is 278 g/mol. The Morgan fingerprint density at radius 3 is 2.68 bits per heavy atom. The largest absolute Gasteiger partial charge is 0.351 e. The molecule has 0 bridgehead atoms. The van der Waals surface area contributed by atoms with Gasteiger partial charge in [0.05, 0.1) is 5.69 Å². The Kier molecular flexibility index (Phi) is 3.96. The quantitative estimate of drug-likeness (QED) is 0.745. The molecule has 0 spiro atoms. The third-order valence-corrected chi connectivity index (χ3v) is 3.17. The van der Waals surface area contributed by atoms with Crippen molar-refractivity contribution >= 4 is 5.91 Å². The normalized spacial score (nSPS) is 11.6. The number of carbonyl (C=O) groups is 1. The van der Waals surface area contributed by atoms with E-state index in [-0.39, 0.29) is 5.76 Å². The number of benzene rings is 1. The topological polar surface area (TPSA) is 60.4 Å². The monoisotopic (exact) mass is 293 g/mol. The minimum absolute atomic E-state index is 0.146. The molecule has 22 heavy (non-hydrogen) atoms. The maximum absolute atomic E-state index is 12.1. The molecule has 0 atom stereocenters. The zero-order valence-corrected chi connectivity index (χ0v) is 12.1. The van der Waals surface area contributed by atoms with Crippen LogP contribution in [0.1, 0.15) is 21.8 Å². The fourth-order valence-corrected chi connectivity index (χ4v) is 2.11. The summed E-state index contributed by atoms with van der Waals surface area (Å²) in [6, 6.07) is 17.1. The molecule has 3 rings (SSSR count). The Labute approximate surface area is 127 Å². The van der Waals surface area contributed by atoms with Gasteiger partial charge in [-0.25, -0.2) is 0 Å². The summed E-state index contributed by atoms with van der Waals surface area (Å²) >= 11 is 0. The van der Waals surface area contributed by atoms with E-state index in [9.17, 15) is 4.79 Å². The molecule has 0 unspecified atom stereocenters. The van der Waals surface area contributed by atoms with Crippen molar-refractivity contribution < 1.29 is 9.32 Å². The van der Waals surface area contributed by atoms with Crippen LogP contribution in [0.3, 0.4) is 0 Å². The van der Waals surface area contributed by atoms with E-state index in [1.807, 2.05) is 53.2 Å². The van der Waals surface area contributed by atoms with Crippen LogP contribution in [0.15, 0.2) is 70.3 Å². The standard InChI is InChI=1S/C17H15N3O2/c1-13-11-15(22-19-13)17(21)18-16-9-5-6-10-20(16)12-14-7-3-2-4-8-14/h2-11H,12H2,1H3. The number of hydrogen-bond acceptors (Lipinski definition) is 3. The average molecular weight is 293 g/mol. The predicted octanol–water partition coefficient (Wildman–Crippen LogP) is 2.57. The lowest BCUT2D eigenvalue weighted by molar-refractivity contribution is 0.0961. The molecule has 0 saturated heterocycles. The second-order valence-electron chi connectivity index (χ2n) is 4.92. The summed E-state index contributed by atoms with van der Waals surface area (Å²) in [7, 11) is 0. The molecule has 0 saturated carbocycles. The Morgan fingerprint density at radius 2 is 1.95 bits per heavy atom. The van der Waals surface area contributed by atoms with Crippen molar-refractivity contribution in [2.24, 2.45) is 4.99 Å². The van der Waals surface area contributed by atoms with E-state index in [4.69, 9.17) is 4.52 Å². The molecule has 0 radical (unpaired) electrons. The summed E-state index contributed by atoms with van der Waals surface area (Å²) in [6.07, 6.45) is 1.89. The highest BCUT2D eigenvalue weighted by Gasteiger charge is 2.10. The second kappa shape index (κ2) is 6.22. The number of rotatable bonds is 3. The van der Waals surface area contributed by atoms with Crippen LogP contribution in [-0.4, -0.2) is 15.6 Å². The van der Waals surface area contributed by atoms with Crippen molar-refractivity contribution in [3.05, 3.63) is 83.3 Å². The Bertz CT molecular complexity index is 847. The van der Waals surface area contributed by atoms with Gasteiger partial charge in [0, 0.05) is 18.8 Å². The lowest BCUT2D eigenvalue weighted by atomic mass is 10.2. The molecule has 3 aromatic rings. The average Bonchev–Trinajstić information content (AvgIpc) is 2.97. The lowest BCUT2D eigenvalue weighted by Gasteiger charge is -2.06. The van der Waals surface area contributed by atoms with Gasteiger partial charge < -0.3 is 9.09 Å². The van der Waals surface area contributed by atoms with Gasteiger partial charge in [-0.2, -0.15) is 4.99 Å². The van der Waals surface area contributed by atoms with Gasteiger partial charge in [-0.3, -0.25) is 4.79 Å². The summed E-state index contributed by atoms with van der Waals surface area (Å²) in [6.45, 7) is 2.40. The zero-order chi connectivity index (χ0) is 15.4. The molecule has 0 fully saturated rings. The Morgan fingerprint density at radius 1 is 1.18 bits per heavy atom. The van der Waals surface area contributed by atoms with Gasteiger partial charge in [-0.15, -0.1) is 0 Å². The van der Waals surface area contributed by atoms with Crippen LogP contribution in [0.25, 0.3) is 0 Å². The molecule has 1 amide bonds. The summed E-state index contributed by atoms with van der Waals surface area (Å²) in [5.74, 6) is -0.291. The third-order valence-electron chi connectivity index (χ3n) is 3.17. The van der Waals surface area contributed by atoms with Crippen molar-refractivity contribution in [2.75, 3.05) is 0 Å². The molecule has 2 aromatic heterocycles. The van der Waals surface area contributed by atoms with Crippen LogP contribution >= 0.6 is 0 Å². The van der Waals surface area contributed by atoms with Crippen molar-refractivity contribution in [1.82, 2.24) is 9.72 Å². The van der Waals surface area contributed by atoms with E-state index in [0.717, 1.165) is 5.56 Å². The summed E-state index contributed by atoms with van der Waals surface area (Å²) in [5.41, 5.74) is 2.37. The van der Waals surface area contributed by atoms with E-state index in [1.165, 1.54) is 0 Å². The Balaban J connectivity index is 1.94. The fraction of sp³-hybridized carbons (Fsp3) is 0.118. The molecule has 0 aliphatic heterocycles. The van der Waals surface area contributed by atoms with E-state index >= 15 is 0 Å². The molecule has 5 nitrogen and oxygen atoms in total. The van der Waals surface area contributed by atoms with E-state index in [1.54, 1.807) is 19.1 Å². The molecular formula is C17H15N3O2. The fourth-order valence-electron chi connectivity index (χ4n) is 2.11. The van der Waals surface area contributed by atoms with Crippen LogP contribution in [0, 0.1) is 6.92 Å². The molecule has 2 heterocycles. The molecule has 0 aliphatic carbocycles. The van der Waals surface area contributed by atoms with Crippen LogP contribution in [-0.2, 0) is 6.54 Å². The maximum atomic E-state index is 12.1. The van der Waals surface area contributed by atoms with Gasteiger partial charge in [0.1, 0.15) is 5.49 Å². The number of carbonyl (C=O) groups excluding carboxylic acids is 1. The van der Waals surface area contributed by atoms with Gasteiger partial charge in [0.15, 0.2) is 0 Å². The number of hydrogen-bond donors (Lipinski definition) is 0. The van der Waals surface area contributed by atoms with Crippen molar-refractivity contribution in [3.63, 3.8) is 0 Å². The van der Waals surface area contributed by atoms with Crippen molar-refractivity contribution in [1.29, 1.82) is 0 Å². The second-order valence-corrected chi connectivity index (χ2v) is 4.92. The summed E-state index contributed by atoms with van der Waals surface area (Å²) in [4.78, 5) is 16.2. The number of aromatic nitrogens is 2. The smallest absolute Gasteiger partial charge is 0.317 e. The third kappa shape index (κ3) is 3.20. The molecule has 5 heteroatoms. The minimum Gasteiger partial charge on any atom is -0.351 e. The van der Waals surface area contributed by atoms with Crippen LogP contribution in [0.2, 0.25) is 0 Å². The number of nitrogens with zero attached hydrogens (tertiary/aromatic N) is 3. The van der Waals surface area contributed by atoms with Crippen molar-refractivity contribution in [2.45, 2.75) is 13.5 Å². The number of aryl methyl sites for hydroxylation is 1. The van der Waals surface area contributed by atoms with E-state index in [2.05, 4.69) is 10.1 Å². The molecule has 110 valence electrons. The first-order valence-corrected chi connectivity index (χ1v) is 6.94. The van der Waals surface area contributed by atoms with Gasteiger partial charge in [-0.1, -0.05) is 41.6 Å². The Hall–Kier alpha value is -2.95. The summed E-state index contributed by atoms with van der Waals surface area (Å²) < 4.78 is 6.87. The van der Waals surface area contributed by atoms with Gasteiger partial charge in [0.25, 0.3) is 0 Å². The lowest BCUT2D eigenvalue weighted by Crippen LogP contribution is -2.22. The van der Waals surface area contributed by atoms with Crippen LogP contribution in [0.4, 0.5) is 0 Å². The highest BCUT2D eigenvalue weighted by molar-refractivity contribution is 5.92. The molecule has 0 N–H and O–H groups in total. The van der Waals surface area contributed by atoms with Crippen molar-refractivity contribution in [3.8, 4) is 0 Å². The van der Waals surface area contributed by atoms with Gasteiger partial charge in [0.2, 0.25) is 5.76 Å². The van der Waals surface area contributed by atoms with Gasteiger partial charge >= 0.3 is 5.91 Å². The van der Waals surface area contributed by atoms with Crippen LogP contribution < -0.4 is 5.49 Å². The van der Waals surface area contributed by atoms with Gasteiger partial charge in [-0.05, 0) is 24.6 Å². The SMILES string of the molecule is Cc1cc(C(=O)N=c2ccccn2Cc2ccccc2)on1. The van der Waals surface area contributed by atoms with Crippen LogP contribution in [0.5, 0.6) is 0 Å². The van der Waals surface area contributed by atoms with E-state index < -0.39 is 5.91 Å². The predicted molar refractivity (Wildman–Crippen MR) is 81.1 cm³/mol. The van der Waals surface area contributed by atoms with E-state index in [0.29, 0.717) is 17.7 Å². The minimum atomic E-state index is -0.436.